The number of hydrogen-bond acceptors (Lipinski definition) is 5. The van der Waals surface area contributed by atoms with Crippen LogP contribution in [0.1, 0.15) is 68.8 Å². The molecule has 1 N–H and O–H groups in total. The van der Waals surface area contributed by atoms with Crippen LogP contribution in [0.4, 0.5) is 0 Å². The molecule has 3 atom stereocenters. The van der Waals surface area contributed by atoms with Gasteiger partial charge in [-0.3, -0.25) is 14.5 Å². The van der Waals surface area contributed by atoms with Crippen molar-refractivity contribution in [2.75, 3.05) is 32.8 Å². The lowest BCUT2D eigenvalue weighted by molar-refractivity contribution is -0.143. The van der Waals surface area contributed by atoms with E-state index in [1.165, 1.54) is 0 Å². The first-order chi connectivity index (χ1) is 17.9. The summed E-state index contributed by atoms with van der Waals surface area (Å²) in [6, 6.07) is 5.87. The molecular formula is C29H42N4O4. The van der Waals surface area contributed by atoms with Gasteiger partial charge in [-0.1, -0.05) is 38.8 Å². The first-order valence-corrected chi connectivity index (χ1v) is 13.9. The monoisotopic (exact) mass is 510 g/mol. The standard InChI is InChI=1S/C29H42N4O4/c1-4-6-14-32(15-7-5-2)27(34)20-33-19-23(21-8-10-25-22(18-21)12-17-37-25)28(29(35)36)24(33)9-11-26-30-13-16-31(26)3/h8,10,13,16,18,23-24,28H,4-7,9,11-12,14-15,17,19-20H2,1-3H3,(H,35,36)/t23-,24+,28?/m1/s1. The molecule has 0 radical (unpaired) electrons. The van der Waals surface area contributed by atoms with E-state index in [0.717, 1.165) is 67.9 Å². The van der Waals surface area contributed by atoms with Gasteiger partial charge in [0.1, 0.15) is 11.6 Å². The van der Waals surface area contributed by atoms with Crippen LogP contribution in [0.25, 0.3) is 0 Å². The van der Waals surface area contributed by atoms with E-state index in [4.69, 9.17) is 4.74 Å². The predicted octanol–water partition coefficient (Wildman–Crippen LogP) is 3.89. The number of carbonyl (C=O) groups excluding carboxylic acids is 1. The molecule has 1 saturated heterocycles. The molecule has 2 aromatic rings. The molecule has 3 heterocycles. The molecule has 202 valence electrons. The molecule has 37 heavy (non-hydrogen) atoms. The second-order valence-electron chi connectivity index (χ2n) is 10.5. The summed E-state index contributed by atoms with van der Waals surface area (Å²) in [5.74, 6) is 0.373. The van der Waals surface area contributed by atoms with Crippen LogP contribution in [0.15, 0.2) is 30.6 Å². The van der Waals surface area contributed by atoms with E-state index in [1.807, 2.05) is 34.8 Å². The number of carboxylic acid groups (broad SMARTS) is 1. The van der Waals surface area contributed by atoms with Gasteiger partial charge in [-0.15, -0.1) is 0 Å². The van der Waals surface area contributed by atoms with E-state index < -0.39 is 11.9 Å². The highest BCUT2D eigenvalue weighted by molar-refractivity contribution is 5.79. The smallest absolute Gasteiger partial charge is 0.308 e. The average molecular weight is 511 g/mol. The Morgan fingerprint density at radius 3 is 2.59 bits per heavy atom. The van der Waals surface area contributed by atoms with Gasteiger partial charge in [-0.2, -0.15) is 0 Å². The van der Waals surface area contributed by atoms with E-state index >= 15 is 0 Å². The minimum atomic E-state index is -0.796. The summed E-state index contributed by atoms with van der Waals surface area (Å²) in [5, 5.41) is 10.4. The quantitative estimate of drug-likeness (QED) is 0.440. The second-order valence-corrected chi connectivity index (χ2v) is 10.5. The fourth-order valence-corrected chi connectivity index (χ4v) is 5.87. The molecular weight excluding hydrogens is 468 g/mol. The van der Waals surface area contributed by atoms with Crippen molar-refractivity contribution in [3.05, 3.63) is 47.5 Å². The Kier molecular flexibility index (Phi) is 9.24. The molecule has 8 heteroatoms. The number of rotatable bonds is 13. The number of amides is 1. The van der Waals surface area contributed by atoms with Crippen molar-refractivity contribution in [1.29, 1.82) is 0 Å². The summed E-state index contributed by atoms with van der Waals surface area (Å²) < 4.78 is 7.66. The molecule has 2 aliphatic rings. The number of ether oxygens (including phenoxy) is 1. The Hall–Kier alpha value is -2.87. The lowest BCUT2D eigenvalue weighted by Gasteiger charge is -2.29. The zero-order chi connectivity index (χ0) is 26.4. The predicted molar refractivity (Wildman–Crippen MR) is 143 cm³/mol. The molecule has 2 aliphatic heterocycles. The van der Waals surface area contributed by atoms with Gasteiger partial charge in [-0.05, 0) is 36.5 Å². The number of aromatic nitrogens is 2. The summed E-state index contributed by atoms with van der Waals surface area (Å²) in [5.41, 5.74) is 2.17. The van der Waals surface area contributed by atoms with E-state index in [-0.39, 0.29) is 24.4 Å². The zero-order valence-corrected chi connectivity index (χ0v) is 22.6. The number of carbonyl (C=O) groups is 2. The van der Waals surface area contributed by atoms with Crippen LogP contribution in [-0.2, 0) is 29.5 Å². The van der Waals surface area contributed by atoms with Gasteiger partial charge in [0.15, 0.2) is 0 Å². The maximum Gasteiger partial charge on any atom is 0.308 e. The molecule has 1 unspecified atom stereocenters. The topological polar surface area (TPSA) is 87.9 Å². The van der Waals surface area contributed by atoms with Crippen molar-refractivity contribution in [3.8, 4) is 5.75 Å². The van der Waals surface area contributed by atoms with Crippen LogP contribution in [0.3, 0.4) is 0 Å². The van der Waals surface area contributed by atoms with Gasteiger partial charge < -0.3 is 19.3 Å². The zero-order valence-electron chi connectivity index (χ0n) is 22.6. The van der Waals surface area contributed by atoms with Crippen LogP contribution in [0, 0.1) is 5.92 Å². The molecule has 1 amide bonds. The van der Waals surface area contributed by atoms with Crippen molar-refractivity contribution in [2.45, 2.75) is 70.8 Å². The summed E-state index contributed by atoms with van der Waals surface area (Å²) in [6.45, 7) is 7.29. The SMILES string of the molecule is CCCCN(CCCC)C(=O)CN1C[C@H](c2ccc3c(c2)CCO3)C(C(=O)O)[C@@H]1CCc1nccn1C. The summed E-state index contributed by atoms with van der Waals surface area (Å²) >= 11 is 0. The Balaban J connectivity index is 1.59. The number of imidazole rings is 1. The first kappa shape index (κ1) is 27.2. The number of nitrogens with zero attached hydrogens (tertiary/aromatic N) is 4. The van der Waals surface area contributed by atoms with Gasteiger partial charge in [0.05, 0.1) is 19.1 Å². The number of aliphatic carboxylic acids is 1. The third-order valence-corrected chi connectivity index (χ3v) is 8.01. The number of likely N-dealkylation sites (tertiary alicyclic amines) is 1. The molecule has 0 bridgehead atoms. The first-order valence-electron chi connectivity index (χ1n) is 13.9. The van der Waals surface area contributed by atoms with Gasteiger partial charge in [-0.25, -0.2) is 4.98 Å². The number of aryl methyl sites for hydroxylation is 2. The summed E-state index contributed by atoms with van der Waals surface area (Å²) in [7, 11) is 1.96. The Bertz CT molecular complexity index is 1060. The molecule has 4 rings (SSSR count). The van der Waals surface area contributed by atoms with Crippen molar-refractivity contribution < 1.29 is 19.4 Å². The number of hydrogen-bond donors (Lipinski definition) is 1. The van der Waals surface area contributed by atoms with Crippen molar-refractivity contribution in [3.63, 3.8) is 0 Å². The second kappa shape index (κ2) is 12.6. The number of carboxylic acids is 1. The summed E-state index contributed by atoms with van der Waals surface area (Å²) in [4.78, 5) is 34.8. The maximum absolute atomic E-state index is 13.5. The highest BCUT2D eigenvalue weighted by atomic mass is 16.5. The lowest BCUT2D eigenvalue weighted by Crippen LogP contribution is -2.45. The van der Waals surface area contributed by atoms with Gasteiger partial charge >= 0.3 is 5.97 Å². The molecule has 1 aromatic heterocycles. The molecule has 0 spiro atoms. The molecule has 1 aromatic carbocycles. The fourth-order valence-electron chi connectivity index (χ4n) is 5.87. The van der Waals surface area contributed by atoms with E-state index in [0.29, 0.717) is 26.0 Å². The lowest BCUT2D eigenvalue weighted by atomic mass is 9.83. The largest absolute Gasteiger partial charge is 0.493 e. The Labute approximate surface area is 220 Å². The molecule has 0 saturated carbocycles. The fraction of sp³-hybridized carbons (Fsp3) is 0.621. The van der Waals surface area contributed by atoms with Crippen LogP contribution >= 0.6 is 0 Å². The van der Waals surface area contributed by atoms with Gasteiger partial charge in [0, 0.05) is 63.9 Å². The van der Waals surface area contributed by atoms with Crippen molar-refractivity contribution in [1.82, 2.24) is 19.4 Å². The Morgan fingerprint density at radius 2 is 1.95 bits per heavy atom. The number of unbranched alkanes of at least 4 members (excludes halogenated alkanes) is 2. The maximum atomic E-state index is 13.5. The van der Waals surface area contributed by atoms with Gasteiger partial charge in [0.25, 0.3) is 0 Å². The van der Waals surface area contributed by atoms with Crippen molar-refractivity contribution in [2.24, 2.45) is 13.0 Å². The summed E-state index contributed by atoms with van der Waals surface area (Å²) in [6.07, 6.45) is 9.89. The number of benzene rings is 1. The molecule has 8 nitrogen and oxygen atoms in total. The normalized spacial score (nSPS) is 21.1. The van der Waals surface area contributed by atoms with Crippen LogP contribution < -0.4 is 4.74 Å². The van der Waals surface area contributed by atoms with Crippen molar-refractivity contribution >= 4 is 11.9 Å². The molecule has 1 fully saturated rings. The number of fused-ring (bicyclic) bond motifs is 1. The van der Waals surface area contributed by atoms with Gasteiger partial charge in [0.2, 0.25) is 5.91 Å². The third-order valence-electron chi connectivity index (χ3n) is 8.01. The van der Waals surface area contributed by atoms with E-state index in [1.54, 1.807) is 6.20 Å². The minimum absolute atomic E-state index is 0.107. The molecule has 0 aliphatic carbocycles. The van der Waals surface area contributed by atoms with Crippen LogP contribution in [-0.4, -0.2) is 75.2 Å². The highest BCUT2D eigenvalue weighted by Crippen LogP contribution is 2.41. The highest BCUT2D eigenvalue weighted by Gasteiger charge is 2.47. The van der Waals surface area contributed by atoms with Crippen LogP contribution in [0.2, 0.25) is 0 Å². The average Bonchev–Trinajstić information content (AvgIpc) is 3.60. The Morgan fingerprint density at radius 1 is 1.19 bits per heavy atom. The third kappa shape index (κ3) is 6.35. The van der Waals surface area contributed by atoms with E-state index in [9.17, 15) is 14.7 Å². The van der Waals surface area contributed by atoms with E-state index in [2.05, 4.69) is 29.8 Å². The minimum Gasteiger partial charge on any atom is -0.493 e. The van der Waals surface area contributed by atoms with Crippen LogP contribution in [0.5, 0.6) is 5.75 Å².